The van der Waals surface area contributed by atoms with E-state index in [9.17, 15) is 9.18 Å². The highest BCUT2D eigenvalue weighted by Gasteiger charge is 2.44. The van der Waals surface area contributed by atoms with Gasteiger partial charge in [0.2, 0.25) is 0 Å². The van der Waals surface area contributed by atoms with Crippen LogP contribution in [0.15, 0.2) is 0 Å². The lowest BCUT2D eigenvalue weighted by Crippen LogP contribution is -2.54. The lowest BCUT2D eigenvalue weighted by molar-refractivity contribution is -0.0512. The van der Waals surface area contributed by atoms with E-state index in [4.69, 9.17) is 14.3 Å². The number of halogens is 1. The fraction of sp³-hybridized carbons (Fsp3) is 0.952. The molecule has 3 N–H and O–H groups in total. The summed E-state index contributed by atoms with van der Waals surface area (Å²) in [5.74, 6) is 0.603. The monoisotopic (exact) mass is 428 g/mol. The quantitative estimate of drug-likeness (QED) is 0.632. The molecule has 0 radical (unpaired) electrons. The molecule has 1 amide bonds. The molecule has 0 bridgehead atoms. The highest BCUT2D eigenvalue weighted by molar-refractivity contribution is 5.68. The van der Waals surface area contributed by atoms with Gasteiger partial charge in [-0.15, -0.1) is 0 Å². The van der Waals surface area contributed by atoms with Crippen LogP contribution in [-0.2, 0) is 14.3 Å². The molecule has 0 aromatic carbocycles. The minimum absolute atomic E-state index is 0.0221. The molecule has 0 saturated carbocycles. The summed E-state index contributed by atoms with van der Waals surface area (Å²) in [6.07, 6.45) is 1.96. The van der Waals surface area contributed by atoms with E-state index in [-0.39, 0.29) is 30.4 Å². The first kappa shape index (κ1) is 22.2. The van der Waals surface area contributed by atoms with Gasteiger partial charge in [0.25, 0.3) is 0 Å². The molecule has 30 heavy (non-hydrogen) atoms. The van der Waals surface area contributed by atoms with Gasteiger partial charge < -0.3 is 19.7 Å². The number of hydrogen-bond donors (Lipinski definition) is 3. The summed E-state index contributed by atoms with van der Waals surface area (Å²) in [5.41, 5.74) is 2.62. The third kappa shape index (κ3) is 5.24. The Kier molecular flexibility index (Phi) is 6.84. The predicted octanol–water partition coefficient (Wildman–Crippen LogP) is 1.76. The Hall–Kier alpha value is -1.00. The lowest BCUT2D eigenvalue weighted by Gasteiger charge is -2.38. The molecule has 172 valence electrons. The van der Waals surface area contributed by atoms with Gasteiger partial charge in [-0.05, 0) is 58.3 Å². The van der Waals surface area contributed by atoms with Gasteiger partial charge in [0.1, 0.15) is 18.0 Å². The van der Waals surface area contributed by atoms with Crippen molar-refractivity contribution in [2.24, 2.45) is 17.8 Å². The molecule has 0 aliphatic carbocycles. The van der Waals surface area contributed by atoms with Crippen LogP contribution in [0, 0.1) is 17.8 Å². The van der Waals surface area contributed by atoms with Crippen molar-refractivity contribution < 1.29 is 23.5 Å². The highest BCUT2D eigenvalue weighted by atomic mass is 19.1. The molecular weight excluding hydrogens is 391 g/mol. The third-order valence-corrected chi connectivity index (χ3v) is 6.82. The fourth-order valence-electron chi connectivity index (χ4n) is 5.06. The van der Waals surface area contributed by atoms with Gasteiger partial charge in [0.15, 0.2) is 0 Å². The van der Waals surface area contributed by atoms with Crippen LogP contribution in [0.1, 0.15) is 46.5 Å². The van der Waals surface area contributed by atoms with Crippen LogP contribution >= 0.6 is 0 Å². The SMILES string of the molecule is CC(C)(C)OC(=O)N1CCC(C2NOC(C3CC(C4CCOC4)NCC3F)N2)CC1. The number of alkyl halides is 1. The second kappa shape index (κ2) is 9.24. The van der Waals surface area contributed by atoms with Gasteiger partial charge in [0.05, 0.1) is 12.8 Å². The Morgan fingerprint density at radius 3 is 2.60 bits per heavy atom. The van der Waals surface area contributed by atoms with Gasteiger partial charge >= 0.3 is 6.09 Å². The maximum atomic E-state index is 14.7. The topological polar surface area (TPSA) is 84.1 Å². The van der Waals surface area contributed by atoms with Crippen LogP contribution in [0.3, 0.4) is 0 Å². The number of hydrogen-bond acceptors (Lipinski definition) is 7. The number of likely N-dealkylation sites (tertiary alicyclic amines) is 1. The molecule has 4 aliphatic rings. The van der Waals surface area contributed by atoms with Crippen LogP contribution in [0.25, 0.3) is 0 Å². The number of ether oxygens (including phenoxy) is 2. The number of nitrogens with one attached hydrogen (secondary N) is 3. The average Bonchev–Trinajstić information content (AvgIpc) is 3.40. The Balaban J connectivity index is 1.26. The molecule has 4 fully saturated rings. The summed E-state index contributed by atoms with van der Waals surface area (Å²) in [4.78, 5) is 19.9. The highest BCUT2D eigenvalue weighted by Crippen LogP contribution is 2.32. The van der Waals surface area contributed by atoms with Crippen molar-refractivity contribution in [2.45, 2.75) is 76.7 Å². The minimum atomic E-state index is -0.935. The summed E-state index contributed by atoms with van der Waals surface area (Å²) in [6, 6.07) is 0.283. The first-order valence-electron chi connectivity index (χ1n) is 11.4. The standard InChI is InChI=1S/C21H37FN4O4/c1-21(2,3)29-20(27)26-7-4-13(5-8-26)18-24-19(30-25-18)15-10-17(23-11-16(15)22)14-6-9-28-12-14/h13-19,23-25H,4-12H2,1-3H3. The molecule has 0 spiro atoms. The van der Waals surface area contributed by atoms with Gasteiger partial charge in [-0.1, -0.05) is 0 Å². The second-order valence-electron chi connectivity index (χ2n) is 10.2. The van der Waals surface area contributed by atoms with Crippen molar-refractivity contribution in [3.05, 3.63) is 0 Å². The Morgan fingerprint density at radius 1 is 1.17 bits per heavy atom. The van der Waals surface area contributed by atoms with Crippen molar-refractivity contribution in [3.8, 4) is 0 Å². The first-order valence-corrected chi connectivity index (χ1v) is 11.4. The molecule has 4 aliphatic heterocycles. The number of carbonyl (C=O) groups excluding carboxylic acids is 1. The van der Waals surface area contributed by atoms with E-state index in [0.717, 1.165) is 38.9 Å². The number of amides is 1. The largest absolute Gasteiger partial charge is 0.444 e. The van der Waals surface area contributed by atoms with Crippen molar-refractivity contribution in [3.63, 3.8) is 0 Å². The molecule has 6 unspecified atom stereocenters. The molecule has 8 nitrogen and oxygen atoms in total. The smallest absolute Gasteiger partial charge is 0.410 e. The van der Waals surface area contributed by atoms with Crippen LogP contribution in [0.4, 0.5) is 9.18 Å². The molecule has 4 saturated heterocycles. The maximum Gasteiger partial charge on any atom is 0.410 e. The number of carbonyl (C=O) groups is 1. The average molecular weight is 429 g/mol. The zero-order valence-electron chi connectivity index (χ0n) is 18.4. The Morgan fingerprint density at radius 2 is 1.93 bits per heavy atom. The molecular formula is C21H37FN4O4. The number of nitrogens with zero attached hydrogens (tertiary/aromatic N) is 1. The minimum Gasteiger partial charge on any atom is -0.444 e. The van der Waals surface area contributed by atoms with E-state index >= 15 is 0 Å². The zero-order valence-corrected chi connectivity index (χ0v) is 18.4. The van der Waals surface area contributed by atoms with Crippen molar-refractivity contribution >= 4 is 6.09 Å². The molecule has 4 rings (SSSR count). The van der Waals surface area contributed by atoms with Crippen LogP contribution in [0.5, 0.6) is 0 Å². The van der Waals surface area contributed by atoms with E-state index in [1.54, 1.807) is 4.90 Å². The zero-order chi connectivity index (χ0) is 21.3. The Bertz CT molecular complexity index is 590. The number of hydroxylamine groups is 1. The summed E-state index contributed by atoms with van der Waals surface area (Å²) in [6.45, 7) is 8.89. The summed E-state index contributed by atoms with van der Waals surface area (Å²) < 4.78 is 25.7. The first-order chi connectivity index (χ1) is 14.3. The van der Waals surface area contributed by atoms with E-state index in [1.165, 1.54) is 0 Å². The molecule has 6 atom stereocenters. The fourth-order valence-corrected chi connectivity index (χ4v) is 5.06. The second-order valence-corrected chi connectivity index (χ2v) is 10.2. The molecule has 9 heteroatoms. The van der Waals surface area contributed by atoms with Crippen molar-refractivity contribution in [1.29, 1.82) is 0 Å². The number of rotatable bonds is 3. The van der Waals surface area contributed by atoms with Crippen LogP contribution < -0.4 is 16.1 Å². The van der Waals surface area contributed by atoms with E-state index < -0.39 is 11.8 Å². The normalized spacial score (nSPS) is 38.7. The van der Waals surface area contributed by atoms with Crippen molar-refractivity contribution in [1.82, 2.24) is 21.0 Å². The molecule has 0 aromatic heterocycles. The molecule has 0 aromatic rings. The van der Waals surface area contributed by atoms with Gasteiger partial charge in [-0.3, -0.25) is 10.2 Å². The lowest BCUT2D eigenvalue weighted by atomic mass is 9.83. The number of piperidine rings is 2. The summed E-state index contributed by atoms with van der Waals surface area (Å²) in [5, 5.41) is 6.85. The summed E-state index contributed by atoms with van der Waals surface area (Å²) >= 11 is 0. The van der Waals surface area contributed by atoms with Crippen LogP contribution in [-0.4, -0.2) is 74.0 Å². The van der Waals surface area contributed by atoms with Gasteiger partial charge in [0, 0.05) is 38.2 Å². The van der Waals surface area contributed by atoms with E-state index in [2.05, 4.69) is 16.1 Å². The van der Waals surface area contributed by atoms with E-state index in [0.29, 0.717) is 31.5 Å². The van der Waals surface area contributed by atoms with Crippen molar-refractivity contribution in [2.75, 3.05) is 32.8 Å². The van der Waals surface area contributed by atoms with Gasteiger partial charge in [-0.2, -0.15) is 5.48 Å². The van der Waals surface area contributed by atoms with Crippen LogP contribution in [0.2, 0.25) is 0 Å². The third-order valence-electron chi connectivity index (χ3n) is 6.82. The van der Waals surface area contributed by atoms with Gasteiger partial charge in [-0.25, -0.2) is 9.18 Å². The predicted molar refractivity (Wildman–Crippen MR) is 109 cm³/mol. The maximum absolute atomic E-state index is 14.7. The Labute approximate surface area is 178 Å². The van der Waals surface area contributed by atoms with E-state index in [1.807, 2.05) is 20.8 Å². The summed E-state index contributed by atoms with van der Waals surface area (Å²) in [7, 11) is 0. The molecule has 4 heterocycles.